The van der Waals surface area contributed by atoms with Gasteiger partial charge in [0, 0.05) is 29.6 Å². The second-order valence-electron chi connectivity index (χ2n) is 9.63. The number of nitrogens with zero attached hydrogens (tertiary/aromatic N) is 5. The highest BCUT2D eigenvalue weighted by Gasteiger charge is 2.32. The zero-order valence-corrected chi connectivity index (χ0v) is 20.4. The maximum Gasteiger partial charge on any atom is 0.252 e. The molecule has 0 unspecified atom stereocenters. The number of aromatic nitrogens is 5. The second-order valence-corrected chi connectivity index (χ2v) is 9.63. The molecule has 1 aliphatic heterocycles. The van der Waals surface area contributed by atoms with Gasteiger partial charge in [-0.15, -0.1) is 5.10 Å². The van der Waals surface area contributed by atoms with Crippen molar-refractivity contribution < 1.29 is 9.47 Å². The van der Waals surface area contributed by atoms with E-state index < -0.39 is 0 Å². The minimum absolute atomic E-state index is 0.00124. The highest BCUT2D eigenvalue weighted by atomic mass is 16.7. The van der Waals surface area contributed by atoms with Crippen molar-refractivity contribution in [1.29, 1.82) is 0 Å². The van der Waals surface area contributed by atoms with Crippen LogP contribution in [0.2, 0.25) is 0 Å². The SMILES string of the molecule is CC[C@H](c1nnnn1Cc1ccccc1)N(Cc1cc2cc3c(cc2[nH]c1=O)OCO3)C1CCCC1. The van der Waals surface area contributed by atoms with Crippen LogP contribution >= 0.6 is 0 Å². The predicted octanol–water partition coefficient (Wildman–Crippen LogP) is 4.19. The lowest BCUT2D eigenvalue weighted by Crippen LogP contribution is -2.39. The van der Waals surface area contributed by atoms with E-state index in [0.717, 1.165) is 47.1 Å². The maximum absolute atomic E-state index is 13.2. The van der Waals surface area contributed by atoms with Crippen LogP contribution in [-0.2, 0) is 13.1 Å². The number of hydrogen-bond donors (Lipinski definition) is 1. The number of benzene rings is 2. The summed E-state index contributed by atoms with van der Waals surface area (Å²) in [4.78, 5) is 18.7. The van der Waals surface area contributed by atoms with Gasteiger partial charge < -0.3 is 14.5 Å². The Kier molecular flexibility index (Phi) is 6.14. The Bertz CT molecular complexity index is 1410. The maximum atomic E-state index is 13.2. The number of ether oxygens (including phenoxy) is 2. The summed E-state index contributed by atoms with van der Waals surface area (Å²) in [5.74, 6) is 2.21. The van der Waals surface area contributed by atoms with Crippen LogP contribution in [0.3, 0.4) is 0 Å². The summed E-state index contributed by atoms with van der Waals surface area (Å²) in [6.07, 6.45) is 5.46. The number of rotatable bonds is 8. The quantitative estimate of drug-likeness (QED) is 0.399. The summed E-state index contributed by atoms with van der Waals surface area (Å²) in [6.45, 7) is 3.51. The molecule has 3 heterocycles. The largest absolute Gasteiger partial charge is 0.454 e. The second kappa shape index (κ2) is 9.73. The van der Waals surface area contributed by atoms with Crippen molar-refractivity contribution in [3.63, 3.8) is 0 Å². The van der Waals surface area contributed by atoms with Gasteiger partial charge in [-0.25, -0.2) is 4.68 Å². The molecule has 1 atom stereocenters. The lowest BCUT2D eigenvalue weighted by atomic mass is 10.0. The highest BCUT2D eigenvalue weighted by Crippen LogP contribution is 2.36. The molecule has 1 saturated carbocycles. The number of aromatic amines is 1. The van der Waals surface area contributed by atoms with Crippen LogP contribution < -0.4 is 15.0 Å². The molecular weight excluding hydrogens is 456 g/mol. The summed E-state index contributed by atoms with van der Waals surface area (Å²) < 4.78 is 12.9. The fourth-order valence-electron chi connectivity index (χ4n) is 5.57. The van der Waals surface area contributed by atoms with E-state index in [1.807, 2.05) is 41.1 Å². The van der Waals surface area contributed by atoms with E-state index in [1.165, 1.54) is 12.8 Å². The molecule has 0 radical (unpaired) electrons. The molecule has 2 aliphatic rings. The van der Waals surface area contributed by atoms with Crippen molar-refractivity contribution in [2.75, 3.05) is 6.79 Å². The number of H-pyrrole nitrogens is 1. The Labute approximate surface area is 209 Å². The normalized spacial score (nSPS) is 16.3. The van der Waals surface area contributed by atoms with E-state index in [2.05, 4.69) is 44.5 Å². The highest BCUT2D eigenvalue weighted by molar-refractivity contribution is 5.83. The van der Waals surface area contributed by atoms with E-state index in [1.54, 1.807) is 0 Å². The number of pyridine rings is 1. The van der Waals surface area contributed by atoms with Gasteiger partial charge in [0.15, 0.2) is 17.3 Å². The first-order valence-corrected chi connectivity index (χ1v) is 12.7. The number of tetrazole rings is 1. The van der Waals surface area contributed by atoms with E-state index in [4.69, 9.17) is 9.47 Å². The molecule has 0 saturated heterocycles. The average molecular weight is 487 g/mol. The molecule has 2 aromatic carbocycles. The van der Waals surface area contributed by atoms with Crippen molar-refractivity contribution in [3.05, 3.63) is 75.8 Å². The summed E-state index contributed by atoms with van der Waals surface area (Å²) in [5, 5.41) is 13.8. The molecule has 36 heavy (non-hydrogen) atoms. The number of fused-ring (bicyclic) bond motifs is 2. The van der Waals surface area contributed by atoms with Crippen molar-refractivity contribution in [2.45, 2.75) is 64.2 Å². The van der Waals surface area contributed by atoms with Crippen LogP contribution in [0.25, 0.3) is 10.9 Å². The first kappa shape index (κ1) is 22.7. The summed E-state index contributed by atoms with van der Waals surface area (Å²) in [5.41, 5.74) is 2.55. The molecule has 6 rings (SSSR count). The Hall–Kier alpha value is -3.72. The van der Waals surface area contributed by atoms with Crippen molar-refractivity contribution >= 4 is 10.9 Å². The Morgan fingerprint density at radius 3 is 2.67 bits per heavy atom. The van der Waals surface area contributed by atoms with Gasteiger partial charge in [0.2, 0.25) is 6.79 Å². The topological polar surface area (TPSA) is 98.2 Å². The number of nitrogens with one attached hydrogen (secondary N) is 1. The van der Waals surface area contributed by atoms with Crippen molar-refractivity contribution in [1.82, 2.24) is 30.1 Å². The van der Waals surface area contributed by atoms with Crippen molar-refractivity contribution in [2.24, 2.45) is 0 Å². The first-order chi connectivity index (χ1) is 17.7. The van der Waals surface area contributed by atoms with Gasteiger partial charge in [-0.1, -0.05) is 50.1 Å². The van der Waals surface area contributed by atoms with Gasteiger partial charge in [0.1, 0.15) is 0 Å². The molecule has 0 bridgehead atoms. The monoisotopic (exact) mass is 486 g/mol. The van der Waals surface area contributed by atoms with Crippen LogP contribution in [0.4, 0.5) is 0 Å². The molecule has 0 spiro atoms. The van der Waals surface area contributed by atoms with Crippen LogP contribution in [0.1, 0.15) is 62.0 Å². The van der Waals surface area contributed by atoms with Crippen LogP contribution in [0.15, 0.2) is 53.3 Å². The van der Waals surface area contributed by atoms with Crippen molar-refractivity contribution in [3.8, 4) is 11.5 Å². The third-order valence-corrected chi connectivity index (χ3v) is 7.38. The van der Waals surface area contributed by atoms with Crippen LogP contribution in [-0.4, -0.2) is 42.9 Å². The standard InChI is InChI=1S/C27H30N6O3/c1-2-23(26-29-30-31-33(26)15-18-8-4-3-5-9-18)32(21-10-6-7-11-21)16-20-12-19-13-24-25(36-17-35-24)14-22(19)28-27(20)34/h3-5,8-9,12-14,21,23H,2,6-7,10-11,15-17H2,1H3,(H,28,34)/t23-/m1/s1. The molecule has 0 amide bonds. The number of hydrogen-bond acceptors (Lipinski definition) is 7. The minimum Gasteiger partial charge on any atom is -0.454 e. The van der Waals surface area contributed by atoms with Gasteiger partial charge in [-0.2, -0.15) is 0 Å². The molecule has 9 nitrogen and oxygen atoms in total. The third kappa shape index (κ3) is 4.35. The lowest BCUT2D eigenvalue weighted by molar-refractivity contribution is 0.112. The van der Waals surface area contributed by atoms with Crippen LogP contribution in [0, 0.1) is 0 Å². The van der Waals surface area contributed by atoms with E-state index in [-0.39, 0.29) is 18.4 Å². The molecule has 186 valence electrons. The first-order valence-electron chi connectivity index (χ1n) is 12.7. The minimum atomic E-state index is -0.0805. The van der Waals surface area contributed by atoms with Gasteiger partial charge >= 0.3 is 0 Å². The average Bonchev–Trinajstić information content (AvgIpc) is 3.66. The van der Waals surface area contributed by atoms with Crippen LogP contribution in [0.5, 0.6) is 11.5 Å². The van der Waals surface area contributed by atoms with Gasteiger partial charge in [0.05, 0.1) is 18.1 Å². The van der Waals surface area contributed by atoms with Gasteiger partial charge in [-0.05, 0) is 47.4 Å². The Balaban J connectivity index is 1.35. The predicted molar refractivity (Wildman–Crippen MR) is 135 cm³/mol. The smallest absolute Gasteiger partial charge is 0.252 e. The molecule has 2 aromatic heterocycles. The third-order valence-electron chi connectivity index (χ3n) is 7.38. The van der Waals surface area contributed by atoms with E-state index >= 15 is 0 Å². The summed E-state index contributed by atoms with van der Waals surface area (Å²) in [7, 11) is 0. The lowest BCUT2D eigenvalue weighted by Gasteiger charge is -2.35. The molecule has 4 aromatic rings. The zero-order chi connectivity index (χ0) is 24.5. The molecule has 1 fully saturated rings. The summed E-state index contributed by atoms with van der Waals surface area (Å²) >= 11 is 0. The summed E-state index contributed by atoms with van der Waals surface area (Å²) in [6, 6.07) is 16.4. The molecule has 1 aliphatic carbocycles. The Morgan fingerprint density at radius 2 is 1.89 bits per heavy atom. The van der Waals surface area contributed by atoms with Gasteiger partial charge in [0.25, 0.3) is 5.56 Å². The fraction of sp³-hybridized carbons (Fsp3) is 0.407. The zero-order valence-electron chi connectivity index (χ0n) is 20.4. The Morgan fingerprint density at radius 1 is 1.11 bits per heavy atom. The molecule has 1 N–H and O–H groups in total. The van der Waals surface area contributed by atoms with E-state index in [0.29, 0.717) is 30.6 Å². The fourth-order valence-corrected chi connectivity index (χ4v) is 5.57. The molecule has 9 heteroatoms. The van der Waals surface area contributed by atoms with Gasteiger partial charge in [-0.3, -0.25) is 9.69 Å². The van der Waals surface area contributed by atoms with E-state index in [9.17, 15) is 4.79 Å². The molecular formula is C27H30N6O3.